The number of anilines is 1. The van der Waals surface area contributed by atoms with E-state index in [0.717, 1.165) is 10.5 Å². The molecule has 0 saturated carbocycles. The minimum absolute atomic E-state index is 0.0308. The number of urea groups is 1. The SMILES string of the molecule is CC(C)=CCO[C@]1(C(F)(F)F)CN(C)C(=O)Nc2ccc(Cl)cc21. The first-order chi connectivity index (χ1) is 11.1. The van der Waals surface area contributed by atoms with Gasteiger partial charge in [0.25, 0.3) is 0 Å². The number of hydrogen-bond donors (Lipinski definition) is 1. The zero-order valence-corrected chi connectivity index (χ0v) is 14.3. The number of allylic oxidation sites excluding steroid dienone is 1. The first-order valence-electron chi connectivity index (χ1n) is 7.23. The van der Waals surface area contributed by atoms with Gasteiger partial charge in [-0.3, -0.25) is 0 Å². The van der Waals surface area contributed by atoms with E-state index in [2.05, 4.69) is 5.32 Å². The van der Waals surface area contributed by atoms with Gasteiger partial charge in [0.1, 0.15) is 0 Å². The average Bonchev–Trinajstić information content (AvgIpc) is 2.55. The van der Waals surface area contributed by atoms with Crippen LogP contribution in [0.2, 0.25) is 5.02 Å². The van der Waals surface area contributed by atoms with E-state index in [0.29, 0.717) is 0 Å². The molecule has 0 aliphatic carbocycles. The molecule has 132 valence electrons. The topological polar surface area (TPSA) is 41.6 Å². The number of likely N-dealkylation sites (N-methyl/N-ethyl adjacent to an activating group) is 1. The van der Waals surface area contributed by atoms with Crippen molar-refractivity contribution in [2.75, 3.05) is 25.5 Å². The monoisotopic (exact) mass is 362 g/mol. The fourth-order valence-corrected chi connectivity index (χ4v) is 2.63. The molecule has 0 bridgehead atoms. The number of hydrogen-bond acceptors (Lipinski definition) is 2. The molecule has 0 radical (unpaired) electrons. The zero-order chi connectivity index (χ0) is 18.1. The van der Waals surface area contributed by atoms with Crippen LogP contribution in [0.15, 0.2) is 29.8 Å². The number of ether oxygens (including phenoxy) is 1. The van der Waals surface area contributed by atoms with Crippen LogP contribution in [-0.4, -0.2) is 37.3 Å². The Kier molecular flexibility index (Phi) is 5.15. The number of fused-ring (bicyclic) bond motifs is 1. The Morgan fingerprint density at radius 1 is 1.46 bits per heavy atom. The van der Waals surface area contributed by atoms with Gasteiger partial charge in [-0.15, -0.1) is 0 Å². The Hall–Kier alpha value is -1.73. The third-order valence-electron chi connectivity index (χ3n) is 3.74. The first-order valence-corrected chi connectivity index (χ1v) is 7.61. The highest BCUT2D eigenvalue weighted by atomic mass is 35.5. The van der Waals surface area contributed by atoms with Gasteiger partial charge in [0, 0.05) is 23.3 Å². The van der Waals surface area contributed by atoms with Gasteiger partial charge in [-0.25, -0.2) is 4.79 Å². The van der Waals surface area contributed by atoms with Gasteiger partial charge in [-0.2, -0.15) is 13.2 Å². The Morgan fingerprint density at radius 3 is 2.71 bits per heavy atom. The van der Waals surface area contributed by atoms with E-state index in [1.165, 1.54) is 25.2 Å². The molecule has 1 aromatic carbocycles. The maximum Gasteiger partial charge on any atom is 0.423 e. The first kappa shape index (κ1) is 18.6. The number of amides is 2. The van der Waals surface area contributed by atoms with Gasteiger partial charge in [-0.1, -0.05) is 23.3 Å². The molecule has 0 spiro atoms. The second-order valence-corrected chi connectivity index (χ2v) is 6.33. The predicted molar refractivity (Wildman–Crippen MR) is 86.2 cm³/mol. The lowest BCUT2D eigenvalue weighted by Gasteiger charge is -2.37. The fraction of sp³-hybridized carbons (Fsp3) is 0.438. The molecule has 1 atom stereocenters. The highest BCUT2D eigenvalue weighted by Gasteiger charge is 2.60. The summed E-state index contributed by atoms with van der Waals surface area (Å²) in [4.78, 5) is 13.0. The maximum absolute atomic E-state index is 14.1. The van der Waals surface area contributed by atoms with Crippen LogP contribution in [-0.2, 0) is 10.3 Å². The second kappa shape index (κ2) is 6.64. The standard InChI is InChI=1S/C16H18ClF3N2O2/c1-10(2)6-7-24-15(16(18,19)20)9-22(3)14(23)21-13-5-4-11(17)8-12(13)15/h4-6,8H,7,9H2,1-3H3,(H,21,23)/t15-/m1/s1. The van der Waals surface area contributed by atoms with Crippen molar-refractivity contribution in [2.45, 2.75) is 25.6 Å². The molecule has 2 amide bonds. The summed E-state index contributed by atoms with van der Waals surface area (Å²) in [6.45, 7) is 2.61. The quantitative estimate of drug-likeness (QED) is 0.801. The highest BCUT2D eigenvalue weighted by molar-refractivity contribution is 6.30. The molecule has 0 aromatic heterocycles. The Bertz CT molecular complexity index is 672. The summed E-state index contributed by atoms with van der Waals surface area (Å²) < 4.78 is 47.5. The molecule has 24 heavy (non-hydrogen) atoms. The molecule has 0 fully saturated rings. The van der Waals surface area contributed by atoms with Gasteiger partial charge in [0.2, 0.25) is 5.60 Å². The average molecular weight is 363 g/mol. The van der Waals surface area contributed by atoms with Gasteiger partial charge in [0.15, 0.2) is 0 Å². The van der Waals surface area contributed by atoms with E-state index in [-0.39, 0.29) is 22.9 Å². The molecule has 1 heterocycles. The highest BCUT2D eigenvalue weighted by Crippen LogP contribution is 2.47. The van der Waals surface area contributed by atoms with Crippen molar-refractivity contribution in [2.24, 2.45) is 0 Å². The van der Waals surface area contributed by atoms with E-state index < -0.39 is 24.4 Å². The van der Waals surface area contributed by atoms with Crippen LogP contribution in [0.4, 0.5) is 23.7 Å². The van der Waals surface area contributed by atoms with Crippen molar-refractivity contribution < 1.29 is 22.7 Å². The third kappa shape index (κ3) is 3.52. The molecule has 0 saturated heterocycles. The molecular weight excluding hydrogens is 345 g/mol. The molecular formula is C16H18ClF3N2O2. The zero-order valence-electron chi connectivity index (χ0n) is 13.5. The summed E-state index contributed by atoms with van der Waals surface area (Å²) in [7, 11) is 1.29. The lowest BCUT2D eigenvalue weighted by molar-refractivity contribution is -0.283. The lowest BCUT2D eigenvalue weighted by Crippen LogP contribution is -2.52. The smallest absolute Gasteiger partial charge is 0.355 e. The molecule has 1 aromatic rings. The molecule has 2 rings (SSSR count). The van der Waals surface area contributed by atoms with Crippen molar-refractivity contribution in [3.63, 3.8) is 0 Å². The summed E-state index contributed by atoms with van der Waals surface area (Å²) in [6, 6.07) is 3.31. The van der Waals surface area contributed by atoms with E-state index >= 15 is 0 Å². The number of nitrogens with one attached hydrogen (secondary N) is 1. The second-order valence-electron chi connectivity index (χ2n) is 5.89. The minimum atomic E-state index is -4.75. The number of benzene rings is 1. The predicted octanol–water partition coefficient (Wildman–Crippen LogP) is 4.56. The van der Waals surface area contributed by atoms with Gasteiger partial charge in [-0.05, 0) is 32.0 Å². The van der Waals surface area contributed by atoms with Crippen LogP contribution in [0.25, 0.3) is 0 Å². The van der Waals surface area contributed by atoms with Crippen LogP contribution in [0.3, 0.4) is 0 Å². The van der Waals surface area contributed by atoms with Crippen molar-refractivity contribution in [3.8, 4) is 0 Å². The molecule has 8 heteroatoms. The number of carbonyl (C=O) groups is 1. The molecule has 0 unspecified atom stereocenters. The Labute approximate surface area is 143 Å². The Balaban J connectivity index is 2.64. The maximum atomic E-state index is 14.1. The molecule has 1 aliphatic rings. The fourth-order valence-electron chi connectivity index (χ4n) is 2.46. The largest absolute Gasteiger partial charge is 0.423 e. The lowest BCUT2D eigenvalue weighted by atomic mass is 9.91. The summed E-state index contributed by atoms with van der Waals surface area (Å²) >= 11 is 5.90. The normalized spacial score (nSPS) is 21.0. The van der Waals surface area contributed by atoms with Crippen molar-refractivity contribution in [1.29, 1.82) is 0 Å². The molecule has 1 N–H and O–H groups in total. The van der Waals surface area contributed by atoms with Crippen LogP contribution in [0, 0.1) is 0 Å². The van der Waals surface area contributed by atoms with Crippen LogP contribution < -0.4 is 5.32 Å². The van der Waals surface area contributed by atoms with E-state index in [9.17, 15) is 18.0 Å². The number of nitrogens with zero attached hydrogens (tertiary/aromatic N) is 1. The number of rotatable bonds is 3. The summed E-state index contributed by atoms with van der Waals surface area (Å²) in [5.74, 6) is 0. The molecule has 4 nitrogen and oxygen atoms in total. The third-order valence-corrected chi connectivity index (χ3v) is 3.98. The van der Waals surface area contributed by atoms with Crippen LogP contribution in [0.1, 0.15) is 19.4 Å². The number of carbonyl (C=O) groups excluding carboxylic acids is 1. The van der Waals surface area contributed by atoms with Crippen molar-refractivity contribution >= 4 is 23.3 Å². The number of alkyl halides is 3. The van der Waals surface area contributed by atoms with E-state index in [1.54, 1.807) is 19.9 Å². The summed E-state index contributed by atoms with van der Waals surface area (Å²) in [5.41, 5.74) is -2.02. The summed E-state index contributed by atoms with van der Waals surface area (Å²) in [6.07, 6.45) is -3.19. The van der Waals surface area contributed by atoms with E-state index in [4.69, 9.17) is 16.3 Å². The van der Waals surface area contributed by atoms with Gasteiger partial charge >= 0.3 is 12.2 Å². The Morgan fingerprint density at radius 2 is 2.12 bits per heavy atom. The van der Waals surface area contributed by atoms with Crippen LogP contribution >= 0.6 is 11.6 Å². The van der Waals surface area contributed by atoms with E-state index in [1.807, 2.05) is 0 Å². The van der Waals surface area contributed by atoms with Crippen molar-refractivity contribution in [3.05, 3.63) is 40.4 Å². The summed E-state index contributed by atoms with van der Waals surface area (Å²) in [5, 5.41) is 2.59. The van der Waals surface area contributed by atoms with Crippen molar-refractivity contribution in [1.82, 2.24) is 4.90 Å². The van der Waals surface area contributed by atoms with Gasteiger partial charge in [0.05, 0.1) is 13.2 Å². The number of halogens is 4. The minimum Gasteiger partial charge on any atom is -0.355 e. The van der Waals surface area contributed by atoms with Gasteiger partial charge < -0.3 is 15.0 Å². The molecule has 1 aliphatic heterocycles. The van der Waals surface area contributed by atoms with Crippen LogP contribution in [0.5, 0.6) is 0 Å².